The molecule has 1 aliphatic rings. The molecule has 0 aliphatic carbocycles. The molecule has 5 heteroatoms. The highest BCUT2D eigenvalue weighted by Gasteiger charge is 2.36. The summed E-state index contributed by atoms with van der Waals surface area (Å²) in [7, 11) is -3.72. The van der Waals surface area contributed by atoms with Crippen LogP contribution in [0.15, 0.2) is 71.1 Å². The first kappa shape index (κ1) is 17.6. The molecule has 25 heavy (non-hydrogen) atoms. The molecule has 0 saturated carbocycles. The zero-order valence-corrected chi connectivity index (χ0v) is 15.2. The van der Waals surface area contributed by atoms with Crippen molar-refractivity contribution < 1.29 is 13.2 Å². The summed E-state index contributed by atoms with van der Waals surface area (Å²) < 4.78 is 28.2. The van der Waals surface area contributed by atoms with E-state index in [4.69, 9.17) is 0 Å². The second kappa shape index (κ2) is 6.94. The van der Waals surface area contributed by atoms with Gasteiger partial charge in [0, 0.05) is 12.1 Å². The highest BCUT2D eigenvalue weighted by atomic mass is 32.2. The van der Waals surface area contributed by atoms with Crippen LogP contribution in [0.4, 0.5) is 0 Å². The lowest BCUT2D eigenvalue weighted by molar-refractivity contribution is -0.113. The lowest BCUT2D eigenvalue weighted by atomic mass is 9.97. The first-order chi connectivity index (χ1) is 11.9. The van der Waals surface area contributed by atoms with Gasteiger partial charge in [-0.3, -0.25) is 4.79 Å². The topological polar surface area (TPSA) is 54.5 Å². The van der Waals surface area contributed by atoms with E-state index in [1.165, 1.54) is 11.2 Å². The first-order valence-corrected chi connectivity index (χ1v) is 9.67. The maximum absolute atomic E-state index is 13.3. The van der Waals surface area contributed by atoms with Crippen molar-refractivity contribution in [2.45, 2.75) is 31.2 Å². The van der Waals surface area contributed by atoms with Crippen LogP contribution in [0.2, 0.25) is 0 Å². The molecule has 0 aromatic heterocycles. The maximum Gasteiger partial charge on any atom is 0.244 e. The normalized spacial score (nSPS) is 18.6. The van der Waals surface area contributed by atoms with Crippen LogP contribution in [-0.4, -0.2) is 25.1 Å². The summed E-state index contributed by atoms with van der Waals surface area (Å²) in [5, 5.41) is 0. The summed E-state index contributed by atoms with van der Waals surface area (Å²) in [5.74, 6) is -0.0866. The summed E-state index contributed by atoms with van der Waals surface area (Å²) in [4.78, 5) is 12.1. The standard InChI is InChI=1S/C20H21NO3S/c1-15-8-6-7-11-20(15)25(23,24)21-14-18(16(2)22)12-13-19(21)17-9-4-3-5-10-17/h3-12,19H,13-14H2,1-2H3. The average molecular weight is 355 g/mol. The number of rotatable bonds is 4. The summed E-state index contributed by atoms with van der Waals surface area (Å²) >= 11 is 0. The van der Waals surface area contributed by atoms with Crippen molar-refractivity contribution in [3.05, 3.63) is 77.4 Å². The van der Waals surface area contributed by atoms with Gasteiger partial charge < -0.3 is 0 Å². The van der Waals surface area contributed by atoms with E-state index in [9.17, 15) is 13.2 Å². The number of nitrogens with zero attached hydrogens (tertiary/aromatic N) is 1. The van der Waals surface area contributed by atoms with Gasteiger partial charge in [0.15, 0.2) is 5.78 Å². The summed E-state index contributed by atoms with van der Waals surface area (Å²) in [5.41, 5.74) is 2.18. The molecule has 1 aliphatic heterocycles. The summed E-state index contributed by atoms with van der Waals surface area (Å²) in [6.45, 7) is 3.37. The Morgan fingerprint density at radius 2 is 1.68 bits per heavy atom. The van der Waals surface area contributed by atoms with Crippen LogP contribution in [-0.2, 0) is 14.8 Å². The Kier molecular flexibility index (Phi) is 4.88. The molecule has 1 atom stereocenters. The van der Waals surface area contributed by atoms with Gasteiger partial charge in [0.1, 0.15) is 0 Å². The number of hydrogen-bond donors (Lipinski definition) is 0. The zero-order valence-electron chi connectivity index (χ0n) is 14.3. The highest BCUT2D eigenvalue weighted by molar-refractivity contribution is 7.89. The monoisotopic (exact) mass is 355 g/mol. The quantitative estimate of drug-likeness (QED) is 0.841. The molecule has 0 bridgehead atoms. The van der Waals surface area contributed by atoms with Crippen LogP contribution in [0.3, 0.4) is 0 Å². The third-order valence-electron chi connectivity index (χ3n) is 4.58. The highest BCUT2D eigenvalue weighted by Crippen LogP contribution is 2.35. The van der Waals surface area contributed by atoms with Crippen molar-refractivity contribution >= 4 is 15.8 Å². The van der Waals surface area contributed by atoms with Crippen LogP contribution in [0.5, 0.6) is 0 Å². The number of ketones is 1. The van der Waals surface area contributed by atoms with Crippen LogP contribution in [0, 0.1) is 6.92 Å². The van der Waals surface area contributed by atoms with Gasteiger partial charge in [0.25, 0.3) is 0 Å². The van der Waals surface area contributed by atoms with Gasteiger partial charge in [-0.25, -0.2) is 8.42 Å². The Hall–Kier alpha value is -2.24. The Morgan fingerprint density at radius 3 is 2.32 bits per heavy atom. The SMILES string of the molecule is CC(=O)C1=CCC(c2ccccc2)N(S(=O)(=O)c2ccccc2C)C1. The van der Waals surface area contributed by atoms with Crippen molar-refractivity contribution in [3.8, 4) is 0 Å². The zero-order chi connectivity index (χ0) is 18.0. The molecule has 1 heterocycles. The number of carbonyl (C=O) groups is 1. The smallest absolute Gasteiger partial charge is 0.244 e. The Bertz CT molecular complexity index is 917. The Balaban J connectivity index is 2.10. The second-order valence-electron chi connectivity index (χ2n) is 6.26. The van der Waals surface area contributed by atoms with E-state index in [1.54, 1.807) is 25.1 Å². The lowest BCUT2D eigenvalue weighted by Crippen LogP contribution is -2.39. The van der Waals surface area contributed by atoms with E-state index in [2.05, 4.69) is 0 Å². The average Bonchev–Trinajstić information content (AvgIpc) is 2.62. The van der Waals surface area contributed by atoms with Gasteiger partial charge >= 0.3 is 0 Å². The van der Waals surface area contributed by atoms with Gasteiger partial charge in [-0.05, 0) is 37.5 Å². The van der Waals surface area contributed by atoms with Gasteiger partial charge in [-0.2, -0.15) is 4.31 Å². The molecule has 2 aromatic rings. The van der Waals surface area contributed by atoms with Crippen molar-refractivity contribution in [1.82, 2.24) is 4.31 Å². The molecule has 0 saturated heterocycles. The third kappa shape index (κ3) is 3.43. The van der Waals surface area contributed by atoms with E-state index in [-0.39, 0.29) is 18.4 Å². The predicted molar refractivity (Wildman–Crippen MR) is 97.6 cm³/mol. The molecule has 0 fully saturated rings. The second-order valence-corrected chi connectivity index (χ2v) is 8.12. The van der Waals surface area contributed by atoms with Crippen LogP contribution in [0.1, 0.15) is 30.5 Å². The van der Waals surface area contributed by atoms with Crippen molar-refractivity contribution in [3.63, 3.8) is 0 Å². The molecule has 1 unspecified atom stereocenters. The van der Waals surface area contributed by atoms with Crippen molar-refractivity contribution in [1.29, 1.82) is 0 Å². The Labute approximate surface area is 148 Å². The third-order valence-corrected chi connectivity index (χ3v) is 6.59. The van der Waals surface area contributed by atoms with E-state index in [0.717, 1.165) is 5.56 Å². The molecule has 0 amide bonds. The van der Waals surface area contributed by atoms with E-state index in [0.29, 0.717) is 22.5 Å². The number of hydrogen-bond acceptors (Lipinski definition) is 3. The minimum Gasteiger partial charge on any atom is -0.295 e. The number of carbonyl (C=O) groups excluding carboxylic acids is 1. The number of sulfonamides is 1. The van der Waals surface area contributed by atoms with E-state index in [1.807, 2.05) is 42.5 Å². The van der Waals surface area contributed by atoms with Crippen molar-refractivity contribution in [2.24, 2.45) is 0 Å². The minimum absolute atomic E-state index is 0.0866. The molecule has 130 valence electrons. The Morgan fingerprint density at radius 1 is 1.04 bits per heavy atom. The molecule has 0 N–H and O–H groups in total. The van der Waals surface area contributed by atoms with Crippen LogP contribution < -0.4 is 0 Å². The molecule has 0 spiro atoms. The van der Waals surface area contributed by atoms with Crippen LogP contribution in [0.25, 0.3) is 0 Å². The lowest BCUT2D eigenvalue weighted by Gasteiger charge is -2.34. The van der Waals surface area contributed by atoms with E-state index < -0.39 is 10.0 Å². The fourth-order valence-corrected chi connectivity index (χ4v) is 5.00. The number of benzene rings is 2. The molecular formula is C20H21NO3S. The predicted octanol–water partition coefficient (Wildman–Crippen LogP) is 3.65. The van der Waals surface area contributed by atoms with Gasteiger partial charge in [-0.1, -0.05) is 54.6 Å². The fourth-order valence-electron chi connectivity index (χ4n) is 3.17. The largest absolute Gasteiger partial charge is 0.295 e. The molecular weight excluding hydrogens is 334 g/mol. The maximum atomic E-state index is 13.3. The van der Waals surface area contributed by atoms with Gasteiger partial charge in [0.05, 0.1) is 10.9 Å². The van der Waals surface area contributed by atoms with E-state index >= 15 is 0 Å². The van der Waals surface area contributed by atoms with Crippen molar-refractivity contribution in [2.75, 3.05) is 6.54 Å². The number of Topliss-reactive ketones (excluding diaryl/α,β-unsaturated/α-hetero) is 1. The fraction of sp³-hybridized carbons (Fsp3) is 0.250. The summed E-state index contributed by atoms with van der Waals surface area (Å²) in [6.07, 6.45) is 2.36. The number of aryl methyl sites for hydroxylation is 1. The molecule has 2 aromatic carbocycles. The first-order valence-electron chi connectivity index (χ1n) is 8.23. The van der Waals surface area contributed by atoms with Gasteiger partial charge in [0.2, 0.25) is 10.0 Å². The summed E-state index contributed by atoms with van der Waals surface area (Å²) in [6, 6.07) is 16.2. The molecule has 0 radical (unpaired) electrons. The van der Waals surface area contributed by atoms with Crippen LogP contribution >= 0.6 is 0 Å². The molecule has 3 rings (SSSR count). The van der Waals surface area contributed by atoms with Gasteiger partial charge in [-0.15, -0.1) is 0 Å². The molecule has 4 nitrogen and oxygen atoms in total. The minimum atomic E-state index is -3.72.